The van der Waals surface area contributed by atoms with Crippen LogP contribution < -0.4 is 10.9 Å². The molecule has 1 atom stereocenters. The summed E-state index contributed by atoms with van der Waals surface area (Å²) in [4.78, 5) is 43.5. The number of aromatic amines is 1. The molecule has 0 saturated heterocycles. The van der Waals surface area contributed by atoms with Gasteiger partial charge < -0.3 is 15.2 Å². The number of nitrogens with one attached hydrogen (secondary N) is 2. The maximum absolute atomic E-state index is 13.4. The van der Waals surface area contributed by atoms with Gasteiger partial charge in [0.1, 0.15) is 0 Å². The Hall–Kier alpha value is -2.16. The van der Waals surface area contributed by atoms with Crippen LogP contribution in [0.15, 0.2) is 23.0 Å². The van der Waals surface area contributed by atoms with Gasteiger partial charge in [-0.3, -0.25) is 19.0 Å². The molecule has 0 radical (unpaired) electrons. The van der Waals surface area contributed by atoms with Crippen molar-refractivity contribution in [3.63, 3.8) is 0 Å². The normalized spacial score (nSPS) is 22.5. The Bertz CT molecular complexity index is 1220. The molecule has 2 N–H and O–H groups in total. The first-order chi connectivity index (χ1) is 15.7. The van der Waals surface area contributed by atoms with Gasteiger partial charge in [-0.15, -0.1) is 0 Å². The number of amides is 2. The minimum Gasteiger partial charge on any atom is -0.359 e. The monoisotopic (exact) mass is 508 g/mol. The highest BCUT2D eigenvalue weighted by Gasteiger charge is 2.33. The number of rotatable bonds is 3. The summed E-state index contributed by atoms with van der Waals surface area (Å²) in [7, 11) is 1.65. The van der Waals surface area contributed by atoms with Crippen molar-refractivity contribution in [1.82, 2.24) is 19.8 Å². The molecular formula is C23H26Cl2N4O3S. The number of hydrogen-bond donors (Lipinski definition) is 2. The highest BCUT2D eigenvalue weighted by atomic mass is 35.5. The number of halogens is 2. The summed E-state index contributed by atoms with van der Waals surface area (Å²) in [6, 6.07) is 4.61. The third-order valence-corrected chi connectivity index (χ3v) is 7.82. The van der Waals surface area contributed by atoms with Crippen LogP contribution in [-0.2, 0) is 17.8 Å². The minimum atomic E-state index is -0.178. The van der Waals surface area contributed by atoms with Crippen LogP contribution in [0.3, 0.4) is 0 Å². The Balaban J connectivity index is 1.59. The lowest BCUT2D eigenvalue weighted by Crippen LogP contribution is -2.46. The van der Waals surface area contributed by atoms with E-state index in [9.17, 15) is 14.4 Å². The zero-order valence-corrected chi connectivity index (χ0v) is 20.8. The fourth-order valence-electron chi connectivity index (χ4n) is 4.91. The van der Waals surface area contributed by atoms with Gasteiger partial charge in [-0.1, -0.05) is 23.2 Å². The number of nitrogens with zero attached hydrogens (tertiary/aromatic N) is 2. The minimum absolute atomic E-state index is 0.0157. The molecule has 2 aliphatic rings. The van der Waals surface area contributed by atoms with E-state index in [0.29, 0.717) is 38.1 Å². The molecule has 0 bridgehead atoms. The Labute approximate surface area is 207 Å². The third kappa shape index (κ3) is 4.61. The fraction of sp³-hybridized carbons (Fsp3) is 0.478. The number of fused-ring (bicyclic) bond motifs is 1. The molecule has 176 valence electrons. The Kier molecular flexibility index (Phi) is 6.98. The molecule has 1 aromatic heterocycles. The van der Waals surface area contributed by atoms with Crippen LogP contribution in [0.4, 0.5) is 0 Å². The smallest absolute Gasteiger partial charge is 0.258 e. The highest BCUT2D eigenvalue weighted by Crippen LogP contribution is 2.32. The molecule has 1 aromatic carbocycles. The van der Waals surface area contributed by atoms with Gasteiger partial charge >= 0.3 is 0 Å². The quantitative estimate of drug-likeness (QED) is 0.605. The lowest BCUT2D eigenvalue weighted by molar-refractivity contribution is -0.125. The van der Waals surface area contributed by atoms with E-state index in [-0.39, 0.29) is 41.9 Å². The number of hydrogen-bond acceptors (Lipinski definition) is 4. The van der Waals surface area contributed by atoms with Gasteiger partial charge in [0.05, 0.1) is 16.6 Å². The molecule has 2 aromatic rings. The fourth-order valence-corrected chi connectivity index (χ4v) is 5.56. The van der Waals surface area contributed by atoms with E-state index in [2.05, 4.69) is 10.3 Å². The van der Waals surface area contributed by atoms with E-state index in [4.69, 9.17) is 35.4 Å². The van der Waals surface area contributed by atoms with Gasteiger partial charge in [0, 0.05) is 41.9 Å². The van der Waals surface area contributed by atoms with Gasteiger partial charge in [-0.05, 0) is 69.4 Å². The zero-order chi connectivity index (χ0) is 23.9. The van der Waals surface area contributed by atoms with Crippen LogP contribution in [0, 0.1) is 10.7 Å². The summed E-state index contributed by atoms with van der Waals surface area (Å²) >= 11 is 17.6. The van der Waals surface area contributed by atoms with Crippen molar-refractivity contribution in [2.75, 3.05) is 7.05 Å². The SMILES string of the molecule is CNC(=O)C1CCC(n2c(=S)[nH]c3c(c2=O)C[C@@H](C)N(C(=O)c2ccc(Cl)c(Cl)c2)C3)CC1. The topological polar surface area (TPSA) is 87.2 Å². The summed E-state index contributed by atoms with van der Waals surface area (Å²) in [5.41, 5.74) is 1.69. The predicted octanol–water partition coefficient (Wildman–Crippen LogP) is 4.28. The molecule has 1 saturated carbocycles. The predicted molar refractivity (Wildman–Crippen MR) is 130 cm³/mol. The average Bonchev–Trinajstić information content (AvgIpc) is 2.80. The molecular weight excluding hydrogens is 483 g/mol. The Morgan fingerprint density at radius 2 is 1.85 bits per heavy atom. The van der Waals surface area contributed by atoms with Gasteiger partial charge in [0.2, 0.25) is 5.91 Å². The molecule has 1 fully saturated rings. The van der Waals surface area contributed by atoms with E-state index >= 15 is 0 Å². The van der Waals surface area contributed by atoms with Crippen LogP contribution >= 0.6 is 35.4 Å². The number of carbonyl (C=O) groups is 2. The average molecular weight is 509 g/mol. The maximum Gasteiger partial charge on any atom is 0.258 e. The second-order valence-corrected chi connectivity index (χ2v) is 10.00. The highest BCUT2D eigenvalue weighted by molar-refractivity contribution is 7.71. The number of benzene rings is 1. The van der Waals surface area contributed by atoms with E-state index in [1.165, 1.54) is 0 Å². The van der Waals surface area contributed by atoms with Gasteiger partial charge in [-0.2, -0.15) is 0 Å². The standard InChI is InChI=1S/C23H26Cl2N4O3S/c1-12-9-16-19(11-28(12)21(31)14-5-8-17(24)18(25)10-14)27-23(33)29(22(16)32)15-6-3-13(4-7-15)20(30)26-2/h5,8,10,12-13,15H,3-4,6-7,9,11H2,1-2H3,(H,26,30)(H,27,33)/t12-,13?,15?/m1/s1. The van der Waals surface area contributed by atoms with Gasteiger partial charge in [0.15, 0.2) is 4.77 Å². The van der Waals surface area contributed by atoms with Crippen LogP contribution in [-0.4, -0.2) is 39.4 Å². The first-order valence-corrected chi connectivity index (χ1v) is 12.2. The van der Waals surface area contributed by atoms with Crippen LogP contribution in [0.5, 0.6) is 0 Å². The van der Waals surface area contributed by atoms with Gasteiger partial charge in [0.25, 0.3) is 11.5 Å². The van der Waals surface area contributed by atoms with E-state index in [1.54, 1.807) is 34.7 Å². The number of carbonyl (C=O) groups excluding carboxylic acids is 2. The van der Waals surface area contributed by atoms with Crippen molar-refractivity contribution >= 4 is 47.2 Å². The molecule has 1 aliphatic carbocycles. The first-order valence-electron chi connectivity index (χ1n) is 11.1. The van der Waals surface area contributed by atoms with Crippen molar-refractivity contribution in [2.45, 2.75) is 57.7 Å². The zero-order valence-electron chi connectivity index (χ0n) is 18.5. The molecule has 0 unspecified atom stereocenters. The molecule has 0 spiro atoms. The van der Waals surface area contributed by atoms with Crippen molar-refractivity contribution in [3.8, 4) is 0 Å². The third-order valence-electron chi connectivity index (χ3n) is 6.78. The largest absolute Gasteiger partial charge is 0.359 e. The number of aromatic nitrogens is 2. The molecule has 7 nitrogen and oxygen atoms in total. The van der Waals surface area contributed by atoms with E-state index in [0.717, 1.165) is 25.7 Å². The number of H-pyrrole nitrogens is 1. The molecule has 2 heterocycles. The van der Waals surface area contributed by atoms with Crippen molar-refractivity contribution in [3.05, 3.63) is 60.2 Å². The Morgan fingerprint density at radius 3 is 2.48 bits per heavy atom. The van der Waals surface area contributed by atoms with Crippen molar-refractivity contribution < 1.29 is 9.59 Å². The first kappa shape index (κ1) is 24.0. The van der Waals surface area contributed by atoms with E-state index in [1.807, 2.05) is 6.92 Å². The van der Waals surface area contributed by atoms with Crippen LogP contribution in [0.2, 0.25) is 10.0 Å². The lowest BCUT2D eigenvalue weighted by atomic mass is 9.85. The second kappa shape index (κ2) is 9.60. The summed E-state index contributed by atoms with van der Waals surface area (Å²) in [5, 5.41) is 3.42. The molecule has 33 heavy (non-hydrogen) atoms. The van der Waals surface area contributed by atoms with Gasteiger partial charge in [-0.25, -0.2) is 0 Å². The van der Waals surface area contributed by atoms with Crippen molar-refractivity contribution in [1.29, 1.82) is 0 Å². The molecule has 10 heteroatoms. The lowest BCUT2D eigenvalue weighted by Gasteiger charge is -2.35. The molecule has 4 rings (SSSR count). The van der Waals surface area contributed by atoms with Crippen LogP contribution in [0.25, 0.3) is 0 Å². The van der Waals surface area contributed by atoms with E-state index < -0.39 is 0 Å². The molecule has 2 amide bonds. The summed E-state index contributed by atoms with van der Waals surface area (Å²) in [6.07, 6.45) is 3.34. The Morgan fingerprint density at radius 1 is 1.15 bits per heavy atom. The van der Waals surface area contributed by atoms with Crippen molar-refractivity contribution in [2.24, 2.45) is 5.92 Å². The molecule has 1 aliphatic heterocycles. The summed E-state index contributed by atoms with van der Waals surface area (Å²) in [6.45, 7) is 2.19. The maximum atomic E-state index is 13.4. The summed E-state index contributed by atoms with van der Waals surface area (Å²) < 4.78 is 2.04. The summed E-state index contributed by atoms with van der Waals surface area (Å²) in [5.74, 6) is -0.141. The second-order valence-electron chi connectivity index (χ2n) is 8.80. The van der Waals surface area contributed by atoms with Crippen LogP contribution in [0.1, 0.15) is 60.3 Å².